The molecule has 28 heavy (non-hydrogen) atoms. The Balaban J connectivity index is 1.84. The highest BCUT2D eigenvalue weighted by Gasteiger charge is 2.41. The van der Waals surface area contributed by atoms with Gasteiger partial charge in [0.05, 0.1) is 25.2 Å². The van der Waals surface area contributed by atoms with Gasteiger partial charge < -0.3 is 19.9 Å². The third-order valence-electron chi connectivity index (χ3n) is 5.31. The number of carbonyl (C=O) groups is 3. The van der Waals surface area contributed by atoms with E-state index in [1.165, 1.54) is 14.0 Å². The maximum atomic E-state index is 12.3. The van der Waals surface area contributed by atoms with Crippen LogP contribution in [0.4, 0.5) is 0 Å². The fourth-order valence-corrected chi connectivity index (χ4v) is 3.68. The minimum atomic E-state index is -0.855. The lowest BCUT2D eigenvalue weighted by atomic mass is 9.74. The van der Waals surface area contributed by atoms with Crippen LogP contribution in [-0.4, -0.2) is 42.0 Å². The minimum absolute atomic E-state index is 0.0580. The van der Waals surface area contributed by atoms with Crippen molar-refractivity contribution < 1.29 is 29.0 Å². The number of carboxylic acid groups (broad SMARTS) is 1. The molecule has 1 aliphatic rings. The lowest BCUT2D eigenvalue weighted by molar-refractivity contribution is -0.146. The number of carbonyl (C=O) groups excluding carboxylic acids is 2. The van der Waals surface area contributed by atoms with Crippen LogP contribution in [0.15, 0.2) is 18.2 Å². The Kier molecular flexibility index (Phi) is 7.43. The van der Waals surface area contributed by atoms with E-state index >= 15 is 0 Å². The number of Topliss-reactive ketones (excluding diaryl/α,β-unsaturated/α-hetero) is 1. The Morgan fingerprint density at radius 3 is 2.64 bits per heavy atom. The van der Waals surface area contributed by atoms with Gasteiger partial charge in [-0.05, 0) is 51.3 Å². The first kappa shape index (κ1) is 21.7. The van der Waals surface area contributed by atoms with Crippen molar-refractivity contribution in [2.45, 2.75) is 57.9 Å². The van der Waals surface area contributed by atoms with Crippen LogP contribution in [0.1, 0.15) is 62.7 Å². The van der Waals surface area contributed by atoms with Crippen LogP contribution in [0.25, 0.3) is 0 Å². The summed E-state index contributed by atoms with van der Waals surface area (Å²) in [6, 6.07) is 4.97. The molecule has 7 nitrogen and oxygen atoms in total. The van der Waals surface area contributed by atoms with Gasteiger partial charge in [0.15, 0.2) is 17.3 Å². The first-order valence-corrected chi connectivity index (χ1v) is 9.62. The highest BCUT2D eigenvalue weighted by molar-refractivity contribution is 5.94. The molecular formula is C21H29NO6. The Bertz CT molecular complexity index is 732. The fraction of sp³-hybridized carbons (Fsp3) is 0.571. The van der Waals surface area contributed by atoms with Crippen LogP contribution in [0, 0.1) is 5.92 Å². The maximum absolute atomic E-state index is 12.3. The van der Waals surface area contributed by atoms with Crippen molar-refractivity contribution in [1.29, 1.82) is 0 Å². The smallest absolute Gasteiger partial charge is 0.308 e. The van der Waals surface area contributed by atoms with Gasteiger partial charge in [0.1, 0.15) is 0 Å². The molecule has 1 aromatic carbocycles. The Labute approximate surface area is 165 Å². The number of ketones is 1. The Hall–Kier alpha value is -2.57. The van der Waals surface area contributed by atoms with Crippen LogP contribution in [0.2, 0.25) is 0 Å². The Morgan fingerprint density at radius 2 is 2.00 bits per heavy atom. The zero-order valence-corrected chi connectivity index (χ0v) is 16.7. The van der Waals surface area contributed by atoms with Gasteiger partial charge in [-0.2, -0.15) is 0 Å². The highest BCUT2D eigenvalue weighted by Crippen LogP contribution is 2.34. The van der Waals surface area contributed by atoms with Crippen LogP contribution in [0.3, 0.4) is 0 Å². The van der Waals surface area contributed by atoms with E-state index in [1.807, 2.05) is 6.92 Å². The van der Waals surface area contributed by atoms with Gasteiger partial charge >= 0.3 is 5.97 Å². The van der Waals surface area contributed by atoms with Crippen LogP contribution in [0.5, 0.6) is 11.5 Å². The second-order valence-electron chi connectivity index (χ2n) is 7.48. The molecule has 1 amide bonds. The molecule has 0 heterocycles. The number of aliphatic carboxylic acids is 1. The summed E-state index contributed by atoms with van der Waals surface area (Å²) in [5, 5.41) is 12.4. The van der Waals surface area contributed by atoms with E-state index in [2.05, 4.69) is 5.32 Å². The van der Waals surface area contributed by atoms with Crippen molar-refractivity contribution in [2.75, 3.05) is 13.7 Å². The predicted octanol–water partition coefficient (Wildman–Crippen LogP) is 3.21. The van der Waals surface area contributed by atoms with Crippen molar-refractivity contribution in [3.8, 4) is 11.5 Å². The van der Waals surface area contributed by atoms with Gasteiger partial charge in [0.2, 0.25) is 5.91 Å². The monoisotopic (exact) mass is 391 g/mol. The fourth-order valence-electron chi connectivity index (χ4n) is 3.68. The number of ether oxygens (including phenoxy) is 2. The van der Waals surface area contributed by atoms with Crippen molar-refractivity contribution in [3.05, 3.63) is 23.8 Å². The van der Waals surface area contributed by atoms with Gasteiger partial charge in [0, 0.05) is 12.0 Å². The van der Waals surface area contributed by atoms with Crippen molar-refractivity contribution in [1.82, 2.24) is 5.32 Å². The molecule has 1 saturated carbocycles. The molecule has 7 heteroatoms. The molecule has 154 valence electrons. The molecule has 2 N–H and O–H groups in total. The number of hydrogen-bond acceptors (Lipinski definition) is 5. The second-order valence-corrected chi connectivity index (χ2v) is 7.48. The molecule has 0 aliphatic heterocycles. The summed E-state index contributed by atoms with van der Waals surface area (Å²) in [5.41, 5.74) is -0.161. The first-order chi connectivity index (χ1) is 13.3. The van der Waals surface area contributed by atoms with Gasteiger partial charge in [0.25, 0.3) is 0 Å². The third kappa shape index (κ3) is 5.47. The zero-order valence-electron chi connectivity index (χ0n) is 16.7. The largest absolute Gasteiger partial charge is 0.493 e. The summed E-state index contributed by atoms with van der Waals surface area (Å²) in [6.07, 6.45) is 3.78. The van der Waals surface area contributed by atoms with Gasteiger partial charge in [-0.1, -0.05) is 12.8 Å². The lowest BCUT2D eigenvalue weighted by Gasteiger charge is -2.39. The molecule has 1 fully saturated rings. The number of benzene rings is 1. The molecule has 0 radical (unpaired) electrons. The van der Waals surface area contributed by atoms with Gasteiger partial charge in [-0.25, -0.2) is 0 Å². The SMILES string of the molecule is COc1cc(C(C)=O)ccc1OCCCC(=O)NC1(C)CCCCC1C(=O)O. The number of nitrogens with one attached hydrogen (secondary N) is 1. The van der Waals surface area contributed by atoms with Crippen LogP contribution in [-0.2, 0) is 9.59 Å². The Morgan fingerprint density at radius 1 is 1.25 bits per heavy atom. The number of carboxylic acids is 1. The average Bonchev–Trinajstić information content (AvgIpc) is 2.64. The van der Waals surface area contributed by atoms with E-state index in [1.54, 1.807) is 18.2 Å². The summed E-state index contributed by atoms with van der Waals surface area (Å²) < 4.78 is 10.9. The molecule has 2 atom stereocenters. The molecule has 2 unspecified atom stereocenters. The van der Waals surface area contributed by atoms with Crippen molar-refractivity contribution in [2.24, 2.45) is 5.92 Å². The summed E-state index contributed by atoms with van der Waals surface area (Å²) in [7, 11) is 1.50. The molecule has 0 saturated heterocycles. The van der Waals surface area contributed by atoms with E-state index in [0.29, 0.717) is 42.9 Å². The highest BCUT2D eigenvalue weighted by atomic mass is 16.5. The minimum Gasteiger partial charge on any atom is -0.493 e. The molecule has 0 bridgehead atoms. The molecular weight excluding hydrogens is 362 g/mol. The van der Waals surface area contributed by atoms with Crippen molar-refractivity contribution >= 4 is 17.7 Å². The zero-order chi connectivity index (χ0) is 20.7. The standard InChI is InChI=1S/C21H29NO6/c1-14(23)15-9-10-17(18(13-15)27-3)28-12-6-8-19(24)22-21(2)11-5-4-7-16(21)20(25)26/h9-10,13,16H,4-8,11-12H2,1-3H3,(H,22,24)(H,25,26). The summed E-state index contributed by atoms with van der Waals surface area (Å²) in [6.45, 7) is 3.61. The topological polar surface area (TPSA) is 102 Å². The molecule has 1 aromatic rings. The summed E-state index contributed by atoms with van der Waals surface area (Å²) in [5.74, 6) is -0.651. The van der Waals surface area contributed by atoms with E-state index in [0.717, 1.165) is 12.8 Å². The van der Waals surface area contributed by atoms with E-state index in [4.69, 9.17) is 9.47 Å². The lowest BCUT2D eigenvalue weighted by Crippen LogP contribution is -2.55. The number of methoxy groups -OCH3 is 1. The van der Waals surface area contributed by atoms with Gasteiger partial charge in [-0.15, -0.1) is 0 Å². The number of rotatable bonds is 9. The molecule has 0 spiro atoms. The van der Waals surface area contributed by atoms with Crippen molar-refractivity contribution in [3.63, 3.8) is 0 Å². The first-order valence-electron chi connectivity index (χ1n) is 9.62. The van der Waals surface area contributed by atoms with Crippen LogP contribution >= 0.6 is 0 Å². The summed E-state index contributed by atoms with van der Waals surface area (Å²) in [4.78, 5) is 35.2. The van der Waals surface area contributed by atoms with E-state index < -0.39 is 17.4 Å². The number of amides is 1. The third-order valence-corrected chi connectivity index (χ3v) is 5.31. The maximum Gasteiger partial charge on any atom is 0.308 e. The normalized spacial score (nSPS) is 21.6. The predicted molar refractivity (Wildman–Crippen MR) is 104 cm³/mol. The average molecular weight is 391 g/mol. The van der Waals surface area contributed by atoms with Gasteiger partial charge in [-0.3, -0.25) is 14.4 Å². The van der Waals surface area contributed by atoms with E-state index in [9.17, 15) is 19.5 Å². The number of hydrogen-bond donors (Lipinski definition) is 2. The van der Waals surface area contributed by atoms with Crippen LogP contribution < -0.4 is 14.8 Å². The van der Waals surface area contributed by atoms with E-state index in [-0.39, 0.29) is 18.1 Å². The second kappa shape index (κ2) is 9.57. The molecule has 1 aliphatic carbocycles. The molecule has 2 rings (SSSR count). The molecule has 0 aromatic heterocycles. The quantitative estimate of drug-likeness (QED) is 0.495. The summed E-state index contributed by atoms with van der Waals surface area (Å²) >= 11 is 0.